The predicted molar refractivity (Wildman–Crippen MR) is 134 cm³/mol. The van der Waals surface area contributed by atoms with Crippen LogP contribution < -0.4 is 20.3 Å². The van der Waals surface area contributed by atoms with Crippen molar-refractivity contribution in [2.75, 3.05) is 10.2 Å². The van der Waals surface area contributed by atoms with E-state index >= 15 is 0 Å². The molecule has 3 aromatic rings. The molecule has 9 heteroatoms. The smallest absolute Gasteiger partial charge is 0.236 e. The van der Waals surface area contributed by atoms with Crippen LogP contribution in [0.1, 0.15) is 18.5 Å². The minimum atomic E-state index is -1.18. The Bertz CT molecular complexity index is 1260. The molecule has 2 aliphatic heterocycles. The van der Waals surface area contributed by atoms with Gasteiger partial charge in [-0.25, -0.2) is 4.39 Å². The third-order valence-corrected chi connectivity index (χ3v) is 6.98. The lowest BCUT2D eigenvalue weighted by atomic mass is 9.78. The fourth-order valence-corrected chi connectivity index (χ4v) is 5.41. The summed E-state index contributed by atoms with van der Waals surface area (Å²) in [6.45, 7) is 1.83. The predicted octanol–water partition coefficient (Wildman–Crippen LogP) is 6.04. The van der Waals surface area contributed by atoms with Crippen molar-refractivity contribution in [2.45, 2.75) is 18.7 Å². The van der Waals surface area contributed by atoms with E-state index in [1.165, 1.54) is 12.1 Å². The van der Waals surface area contributed by atoms with E-state index in [0.29, 0.717) is 27.3 Å². The highest BCUT2D eigenvalue weighted by atomic mass is 79.9. The maximum Gasteiger partial charge on any atom is 0.236 e. The molecular weight excluding hydrogens is 529 g/mol. The van der Waals surface area contributed by atoms with E-state index in [1.807, 2.05) is 25.1 Å². The van der Waals surface area contributed by atoms with Crippen molar-refractivity contribution >= 4 is 62.1 Å². The zero-order valence-corrected chi connectivity index (χ0v) is 20.5. The number of benzene rings is 3. The van der Waals surface area contributed by atoms with Crippen LogP contribution in [-0.2, 0) is 4.79 Å². The van der Waals surface area contributed by atoms with Gasteiger partial charge in [0.15, 0.2) is 10.8 Å². The molecule has 2 N–H and O–H groups in total. The molecule has 2 aliphatic rings. The molecule has 5 nitrogen and oxygen atoms in total. The van der Waals surface area contributed by atoms with Gasteiger partial charge in [-0.1, -0.05) is 27.5 Å². The molecule has 0 unspecified atom stereocenters. The summed E-state index contributed by atoms with van der Waals surface area (Å²) in [5.74, 6) is -0.679. The van der Waals surface area contributed by atoms with E-state index in [1.54, 1.807) is 41.3 Å². The summed E-state index contributed by atoms with van der Waals surface area (Å²) < 4.78 is 21.0. The summed E-state index contributed by atoms with van der Waals surface area (Å²) in [7, 11) is 0. The number of carbonyl (C=O) groups is 1. The Morgan fingerprint density at radius 1 is 1.18 bits per heavy atom. The largest absolute Gasteiger partial charge is 0.467 e. The quantitative estimate of drug-likeness (QED) is 0.392. The Morgan fingerprint density at radius 2 is 1.88 bits per heavy atom. The topological polar surface area (TPSA) is 53.6 Å². The van der Waals surface area contributed by atoms with Crippen LogP contribution in [0, 0.1) is 11.7 Å². The Kier molecular flexibility index (Phi) is 5.55. The van der Waals surface area contributed by atoms with Crippen LogP contribution in [0.15, 0.2) is 71.2 Å². The van der Waals surface area contributed by atoms with Crippen LogP contribution in [0.25, 0.3) is 0 Å². The fourth-order valence-electron chi connectivity index (χ4n) is 4.49. The van der Waals surface area contributed by atoms with Gasteiger partial charge < -0.3 is 15.4 Å². The van der Waals surface area contributed by atoms with Gasteiger partial charge in [-0.15, -0.1) is 0 Å². The van der Waals surface area contributed by atoms with Crippen molar-refractivity contribution in [3.05, 3.63) is 87.6 Å². The Balaban J connectivity index is 1.62. The molecule has 0 radical (unpaired) electrons. The first-order valence-electron chi connectivity index (χ1n) is 10.2. The third-order valence-electron chi connectivity index (χ3n) is 5.94. The van der Waals surface area contributed by atoms with Crippen LogP contribution in [0.4, 0.5) is 15.8 Å². The third kappa shape index (κ3) is 3.86. The number of halogens is 3. The van der Waals surface area contributed by atoms with Gasteiger partial charge in [0.05, 0.1) is 6.04 Å². The monoisotopic (exact) mass is 545 g/mol. The van der Waals surface area contributed by atoms with E-state index < -0.39 is 17.7 Å². The minimum Gasteiger partial charge on any atom is -0.467 e. The molecule has 3 atom stereocenters. The summed E-state index contributed by atoms with van der Waals surface area (Å²) >= 11 is 15.2. The number of nitrogens with zero attached hydrogens (tertiary/aromatic N) is 1. The second-order valence-corrected chi connectivity index (χ2v) is 9.79. The van der Waals surface area contributed by atoms with Crippen molar-refractivity contribution in [3.63, 3.8) is 0 Å². The van der Waals surface area contributed by atoms with E-state index in [9.17, 15) is 9.18 Å². The second-order valence-electron chi connectivity index (χ2n) is 8.05. The van der Waals surface area contributed by atoms with Gasteiger partial charge in [0, 0.05) is 26.4 Å². The van der Waals surface area contributed by atoms with E-state index in [4.69, 9.17) is 28.6 Å². The normalized spacial score (nSPS) is 23.3. The van der Waals surface area contributed by atoms with Crippen molar-refractivity contribution in [3.8, 4) is 5.75 Å². The molecule has 1 fully saturated rings. The first-order valence-corrected chi connectivity index (χ1v) is 11.8. The number of hydrogen-bond donors (Lipinski definition) is 2. The molecule has 33 heavy (non-hydrogen) atoms. The molecule has 2 bridgehead atoms. The SMILES string of the molecule is C[C@@]12Oc3ccc(Br)cc3[C@@H](NC(=S)N1c1ccc(F)cc1)[C@@H]2C(=O)Nc1ccc(Cl)cc1. The molecule has 2 heterocycles. The molecule has 0 saturated carbocycles. The number of hydrogen-bond acceptors (Lipinski definition) is 3. The maximum absolute atomic E-state index is 13.7. The Labute approximate surface area is 209 Å². The molecule has 168 valence electrons. The molecule has 0 spiro atoms. The summed E-state index contributed by atoms with van der Waals surface area (Å²) in [6.07, 6.45) is 0. The second kappa shape index (κ2) is 8.27. The van der Waals surface area contributed by atoms with Crippen molar-refractivity contribution in [1.82, 2.24) is 5.32 Å². The minimum absolute atomic E-state index is 0.252. The molecule has 0 aliphatic carbocycles. The van der Waals surface area contributed by atoms with Crippen molar-refractivity contribution in [2.24, 2.45) is 5.92 Å². The number of amides is 1. The summed E-state index contributed by atoms with van der Waals surface area (Å²) in [5, 5.41) is 7.26. The van der Waals surface area contributed by atoms with Crippen LogP contribution in [0.5, 0.6) is 5.75 Å². The number of nitrogens with one attached hydrogen (secondary N) is 2. The van der Waals surface area contributed by atoms with Crippen LogP contribution >= 0.6 is 39.7 Å². The van der Waals surface area contributed by atoms with E-state index in [0.717, 1.165) is 10.0 Å². The number of rotatable bonds is 3. The molecular formula is C24H18BrClFN3O2S. The summed E-state index contributed by atoms with van der Waals surface area (Å²) in [6, 6.07) is 18.1. The van der Waals surface area contributed by atoms with Gasteiger partial charge in [0.25, 0.3) is 0 Å². The lowest BCUT2D eigenvalue weighted by molar-refractivity contribution is -0.130. The highest BCUT2D eigenvalue weighted by Gasteiger charge is 2.59. The maximum atomic E-state index is 13.7. The average molecular weight is 547 g/mol. The number of thiocarbonyl (C=S) groups is 1. The van der Waals surface area contributed by atoms with Gasteiger partial charge in [0.2, 0.25) is 5.91 Å². The van der Waals surface area contributed by atoms with E-state index in [-0.39, 0.29) is 11.7 Å². The van der Waals surface area contributed by atoms with Gasteiger partial charge >= 0.3 is 0 Å². The van der Waals surface area contributed by atoms with E-state index in [2.05, 4.69) is 26.6 Å². The Hall–Kier alpha value is -2.68. The van der Waals surface area contributed by atoms with Crippen molar-refractivity contribution in [1.29, 1.82) is 0 Å². The fraction of sp³-hybridized carbons (Fsp3) is 0.167. The first-order chi connectivity index (χ1) is 15.8. The van der Waals surface area contributed by atoms with Gasteiger partial charge in [0.1, 0.15) is 17.5 Å². The first kappa shape index (κ1) is 22.1. The highest BCUT2D eigenvalue weighted by Crippen LogP contribution is 2.50. The number of anilines is 2. The molecule has 1 amide bonds. The molecule has 0 aromatic heterocycles. The zero-order chi connectivity index (χ0) is 23.3. The van der Waals surface area contributed by atoms with Gasteiger partial charge in [-0.3, -0.25) is 9.69 Å². The van der Waals surface area contributed by atoms with Crippen LogP contribution in [0.3, 0.4) is 0 Å². The average Bonchev–Trinajstić information content (AvgIpc) is 2.77. The van der Waals surface area contributed by atoms with Crippen LogP contribution in [-0.4, -0.2) is 16.7 Å². The molecule has 5 rings (SSSR count). The van der Waals surface area contributed by atoms with Gasteiger partial charge in [-0.05, 0) is 85.9 Å². The summed E-state index contributed by atoms with van der Waals surface area (Å²) in [4.78, 5) is 15.4. The van der Waals surface area contributed by atoms with Crippen LogP contribution in [0.2, 0.25) is 5.02 Å². The number of fused-ring (bicyclic) bond motifs is 4. The molecule has 3 aromatic carbocycles. The molecule has 1 saturated heterocycles. The lowest BCUT2D eigenvalue weighted by Crippen LogP contribution is -2.72. The van der Waals surface area contributed by atoms with Crippen molar-refractivity contribution < 1.29 is 13.9 Å². The number of ether oxygens (including phenoxy) is 1. The summed E-state index contributed by atoms with van der Waals surface area (Å²) in [5.41, 5.74) is 0.864. The standard InChI is InChI=1S/C24H18BrClFN3O2S/c1-24-20(22(31)28-16-7-3-14(26)4-8-16)21(18-12-13(25)2-11-19(18)32-24)29-23(33)30(24)17-9-5-15(27)6-10-17/h2-12,20-21H,1H3,(H,28,31)(H,29,33)/t20-,21-,24+/m1/s1. The van der Waals surface area contributed by atoms with Gasteiger partial charge in [-0.2, -0.15) is 0 Å². The number of carbonyl (C=O) groups excluding carboxylic acids is 1. The highest BCUT2D eigenvalue weighted by molar-refractivity contribution is 9.10. The lowest BCUT2D eigenvalue weighted by Gasteiger charge is -2.56. The zero-order valence-electron chi connectivity index (χ0n) is 17.3. The Morgan fingerprint density at radius 3 is 2.58 bits per heavy atom.